The second kappa shape index (κ2) is 5.09. The summed E-state index contributed by atoms with van der Waals surface area (Å²) in [5.41, 5.74) is 0.378. The van der Waals surface area contributed by atoms with Crippen molar-refractivity contribution in [3.63, 3.8) is 0 Å². The number of benzene rings is 1. The summed E-state index contributed by atoms with van der Waals surface area (Å²) in [4.78, 5) is 13.9. The first-order valence-electron chi connectivity index (χ1n) is 7.25. The lowest BCUT2D eigenvalue weighted by atomic mass is 9.82. The number of amides is 1. The predicted octanol–water partition coefficient (Wildman–Crippen LogP) is 2.42. The number of nitrogens with zero attached hydrogens (tertiary/aromatic N) is 1. The van der Waals surface area contributed by atoms with Crippen molar-refractivity contribution < 1.29 is 14.6 Å². The maximum absolute atomic E-state index is 12.1. The van der Waals surface area contributed by atoms with Crippen molar-refractivity contribution in [1.82, 2.24) is 4.90 Å². The molecule has 2 bridgehead atoms. The summed E-state index contributed by atoms with van der Waals surface area (Å²) in [6.07, 6.45) is 1.74. The van der Waals surface area contributed by atoms with E-state index >= 15 is 0 Å². The van der Waals surface area contributed by atoms with Crippen LogP contribution in [0.3, 0.4) is 0 Å². The van der Waals surface area contributed by atoms with Crippen molar-refractivity contribution in [3.8, 4) is 0 Å². The van der Waals surface area contributed by atoms with Gasteiger partial charge in [-0.3, -0.25) is 0 Å². The molecule has 1 aliphatic carbocycles. The van der Waals surface area contributed by atoms with E-state index in [2.05, 4.69) is 0 Å². The van der Waals surface area contributed by atoms with Gasteiger partial charge in [0, 0.05) is 24.9 Å². The summed E-state index contributed by atoms with van der Waals surface area (Å²) in [5, 5.41) is 10.4. The summed E-state index contributed by atoms with van der Waals surface area (Å²) in [5.74, 6) is 0.371. The molecule has 4 nitrogen and oxygen atoms in total. The molecule has 0 radical (unpaired) electrons. The minimum atomic E-state index is -0.615. The molecule has 2 fully saturated rings. The summed E-state index contributed by atoms with van der Waals surface area (Å²) in [7, 11) is 0. The smallest absolute Gasteiger partial charge is 0.410 e. The zero-order chi connectivity index (χ0) is 14.2. The molecule has 2 atom stereocenters. The molecule has 1 aliphatic heterocycles. The number of carbonyl (C=O) groups is 1. The van der Waals surface area contributed by atoms with Crippen molar-refractivity contribution in [3.05, 3.63) is 35.9 Å². The van der Waals surface area contributed by atoms with Gasteiger partial charge in [-0.25, -0.2) is 4.79 Å². The number of ether oxygens (including phenoxy) is 1. The highest BCUT2D eigenvalue weighted by Crippen LogP contribution is 2.44. The van der Waals surface area contributed by atoms with Crippen LogP contribution in [0.15, 0.2) is 30.3 Å². The van der Waals surface area contributed by atoms with Gasteiger partial charge in [0.2, 0.25) is 0 Å². The van der Waals surface area contributed by atoms with E-state index in [9.17, 15) is 9.90 Å². The van der Waals surface area contributed by atoms with E-state index in [0.29, 0.717) is 19.7 Å². The standard InChI is InChI=1S/C16H21NO3/c1-16(19)13-7-8-14(16)10-17(9-13)15(18)20-11-12-5-3-2-4-6-12/h2-6,13-14,19H,7-11H2,1H3. The summed E-state index contributed by atoms with van der Waals surface area (Å²) >= 11 is 0. The van der Waals surface area contributed by atoms with Gasteiger partial charge < -0.3 is 14.7 Å². The van der Waals surface area contributed by atoms with E-state index in [-0.39, 0.29) is 17.9 Å². The van der Waals surface area contributed by atoms with E-state index in [1.165, 1.54) is 0 Å². The van der Waals surface area contributed by atoms with Crippen molar-refractivity contribution >= 4 is 6.09 Å². The van der Waals surface area contributed by atoms with Gasteiger partial charge in [0.05, 0.1) is 5.60 Å². The minimum Gasteiger partial charge on any atom is -0.445 e. The Labute approximate surface area is 119 Å². The first-order chi connectivity index (χ1) is 9.57. The Bertz CT molecular complexity index is 470. The van der Waals surface area contributed by atoms with Gasteiger partial charge in [-0.05, 0) is 25.3 Å². The molecule has 0 spiro atoms. The number of hydrogen-bond donors (Lipinski definition) is 1. The van der Waals surface area contributed by atoms with Crippen LogP contribution in [-0.2, 0) is 11.3 Å². The molecule has 2 aliphatic rings. The van der Waals surface area contributed by atoms with Crippen LogP contribution in [0.2, 0.25) is 0 Å². The first-order valence-corrected chi connectivity index (χ1v) is 7.25. The Morgan fingerprint density at radius 3 is 2.50 bits per heavy atom. The fourth-order valence-electron chi connectivity index (χ4n) is 3.44. The topological polar surface area (TPSA) is 49.8 Å². The Kier molecular flexibility index (Phi) is 3.42. The average molecular weight is 275 g/mol. The van der Waals surface area contributed by atoms with Gasteiger partial charge in [-0.2, -0.15) is 0 Å². The van der Waals surface area contributed by atoms with Gasteiger partial charge >= 0.3 is 6.09 Å². The number of rotatable bonds is 2. The van der Waals surface area contributed by atoms with Gasteiger partial charge in [0.15, 0.2) is 0 Å². The highest BCUT2D eigenvalue weighted by Gasteiger charge is 2.50. The molecule has 1 N–H and O–H groups in total. The molecular weight excluding hydrogens is 254 g/mol. The van der Waals surface area contributed by atoms with E-state index in [1.54, 1.807) is 4.90 Å². The van der Waals surface area contributed by atoms with Crippen LogP contribution in [0.1, 0.15) is 25.3 Å². The van der Waals surface area contributed by atoms with Crippen molar-refractivity contribution in [2.75, 3.05) is 13.1 Å². The lowest BCUT2D eigenvalue weighted by Crippen LogP contribution is -2.53. The second-order valence-corrected chi connectivity index (χ2v) is 6.14. The zero-order valence-electron chi connectivity index (χ0n) is 11.8. The van der Waals surface area contributed by atoms with E-state index < -0.39 is 5.60 Å². The Balaban J connectivity index is 1.57. The second-order valence-electron chi connectivity index (χ2n) is 6.14. The highest BCUT2D eigenvalue weighted by molar-refractivity contribution is 5.68. The largest absolute Gasteiger partial charge is 0.445 e. The van der Waals surface area contributed by atoms with Crippen molar-refractivity contribution in [1.29, 1.82) is 0 Å². The van der Waals surface area contributed by atoms with Gasteiger partial charge in [0.25, 0.3) is 0 Å². The monoisotopic (exact) mass is 275 g/mol. The Morgan fingerprint density at radius 2 is 1.90 bits per heavy atom. The number of fused-ring (bicyclic) bond motifs is 2. The average Bonchev–Trinajstić information content (AvgIpc) is 2.65. The van der Waals surface area contributed by atoms with E-state index in [4.69, 9.17) is 4.74 Å². The molecule has 0 aromatic heterocycles. The van der Waals surface area contributed by atoms with Crippen LogP contribution < -0.4 is 0 Å². The SMILES string of the molecule is CC1(O)C2CCC1CN(C(=O)OCc1ccccc1)C2. The number of likely N-dealkylation sites (tertiary alicyclic amines) is 1. The summed E-state index contributed by atoms with van der Waals surface area (Å²) in [6, 6.07) is 9.69. The third kappa shape index (κ3) is 2.40. The third-order valence-corrected chi connectivity index (χ3v) is 4.86. The minimum absolute atomic E-state index is 0.186. The molecular formula is C16H21NO3. The lowest BCUT2D eigenvalue weighted by Gasteiger charge is -2.41. The van der Waals surface area contributed by atoms with Crippen LogP contribution in [0, 0.1) is 11.8 Å². The predicted molar refractivity (Wildman–Crippen MR) is 75.0 cm³/mol. The first kappa shape index (κ1) is 13.4. The van der Waals surface area contributed by atoms with Crippen LogP contribution >= 0.6 is 0 Å². The van der Waals surface area contributed by atoms with Crippen LogP contribution in [0.25, 0.3) is 0 Å². The maximum atomic E-state index is 12.1. The molecule has 1 amide bonds. The quantitative estimate of drug-likeness (QED) is 0.901. The molecule has 1 aromatic carbocycles. The summed E-state index contributed by atoms with van der Waals surface area (Å²) < 4.78 is 5.37. The molecule has 2 unspecified atom stereocenters. The molecule has 1 saturated carbocycles. The fourth-order valence-corrected chi connectivity index (χ4v) is 3.44. The lowest BCUT2D eigenvalue weighted by molar-refractivity contribution is -0.0658. The molecule has 1 heterocycles. The van der Waals surface area contributed by atoms with Crippen LogP contribution in [-0.4, -0.2) is 34.8 Å². The molecule has 4 heteroatoms. The number of carbonyl (C=O) groups excluding carboxylic acids is 1. The normalized spacial score (nSPS) is 32.2. The Morgan fingerprint density at radius 1 is 1.30 bits per heavy atom. The third-order valence-electron chi connectivity index (χ3n) is 4.86. The number of aliphatic hydroxyl groups is 1. The molecule has 108 valence electrons. The van der Waals surface area contributed by atoms with E-state index in [0.717, 1.165) is 18.4 Å². The molecule has 3 rings (SSSR count). The van der Waals surface area contributed by atoms with Crippen molar-refractivity contribution in [2.24, 2.45) is 11.8 Å². The zero-order valence-corrected chi connectivity index (χ0v) is 11.8. The molecule has 1 saturated heterocycles. The summed E-state index contributed by atoms with van der Waals surface area (Å²) in [6.45, 7) is 3.43. The van der Waals surface area contributed by atoms with Gasteiger partial charge in [-0.1, -0.05) is 30.3 Å². The highest BCUT2D eigenvalue weighted by atomic mass is 16.6. The van der Waals surface area contributed by atoms with Crippen molar-refractivity contribution in [2.45, 2.75) is 32.0 Å². The fraction of sp³-hybridized carbons (Fsp3) is 0.562. The number of hydrogen-bond acceptors (Lipinski definition) is 3. The van der Waals surface area contributed by atoms with E-state index in [1.807, 2.05) is 37.3 Å². The van der Waals surface area contributed by atoms with Crippen LogP contribution in [0.4, 0.5) is 4.79 Å². The van der Waals surface area contributed by atoms with Gasteiger partial charge in [-0.15, -0.1) is 0 Å². The van der Waals surface area contributed by atoms with Crippen LogP contribution in [0.5, 0.6) is 0 Å². The Hall–Kier alpha value is -1.55. The number of piperidine rings is 1. The maximum Gasteiger partial charge on any atom is 0.410 e. The molecule has 1 aromatic rings. The van der Waals surface area contributed by atoms with Gasteiger partial charge in [0.1, 0.15) is 6.61 Å². The molecule has 20 heavy (non-hydrogen) atoms.